The molecule has 0 amide bonds. The van der Waals surface area contributed by atoms with Crippen LogP contribution >= 0.6 is 0 Å². The summed E-state index contributed by atoms with van der Waals surface area (Å²) in [6.45, 7) is 6.48. The summed E-state index contributed by atoms with van der Waals surface area (Å²) < 4.78 is 36.7. The minimum Gasteiger partial charge on any atom is -0.475 e. The van der Waals surface area contributed by atoms with Crippen LogP contribution in [0.3, 0.4) is 0 Å². The number of ether oxygens (including phenoxy) is 1. The van der Waals surface area contributed by atoms with E-state index in [9.17, 15) is 18.0 Å². The van der Waals surface area contributed by atoms with Crippen molar-refractivity contribution in [3.05, 3.63) is 0 Å². The second kappa shape index (κ2) is 11.5. The van der Waals surface area contributed by atoms with E-state index in [0.717, 1.165) is 12.8 Å². The standard InChI is InChI=1S/C11H22O2.C2HF3O2/c1-4-6-7-8-9-10(3)11(12)13-5-2;3-2(4,5)1(6)7/h10H,4-9H2,1-3H3;(H,6,7). The SMILES string of the molecule is CCCCCCC(C)C(=O)OCC.O=C(O)C(F)(F)F. The first kappa shape index (κ1) is 21.0. The number of carboxylic acid groups (broad SMARTS) is 1. The van der Waals surface area contributed by atoms with Crippen molar-refractivity contribution in [1.82, 2.24) is 0 Å². The van der Waals surface area contributed by atoms with Crippen molar-refractivity contribution >= 4 is 11.9 Å². The molecule has 1 N–H and O–H groups in total. The van der Waals surface area contributed by atoms with Crippen molar-refractivity contribution in [1.29, 1.82) is 0 Å². The Morgan fingerprint density at radius 1 is 1.15 bits per heavy atom. The Bertz CT molecular complexity index is 277. The fourth-order valence-electron chi connectivity index (χ4n) is 1.28. The highest BCUT2D eigenvalue weighted by Crippen LogP contribution is 2.13. The maximum absolute atomic E-state index is 11.2. The Kier molecular flexibility index (Phi) is 12.1. The Balaban J connectivity index is 0. The molecule has 1 atom stereocenters. The number of hydrogen-bond donors (Lipinski definition) is 1. The van der Waals surface area contributed by atoms with Crippen LogP contribution in [0.4, 0.5) is 13.2 Å². The van der Waals surface area contributed by atoms with Crippen LogP contribution in [0.2, 0.25) is 0 Å². The molecule has 4 nitrogen and oxygen atoms in total. The third-order valence-electron chi connectivity index (χ3n) is 2.42. The van der Waals surface area contributed by atoms with E-state index < -0.39 is 12.1 Å². The Labute approximate surface area is 117 Å². The van der Waals surface area contributed by atoms with E-state index in [2.05, 4.69) is 6.92 Å². The van der Waals surface area contributed by atoms with Gasteiger partial charge in [-0.05, 0) is 13.3 Å². The number of carboxylic acids is 1. The molecule has 0 aromatic rings. The van der Waals surface area contributed by atoms with Gasteiger partial charge in [-0.2, -0.15) is 13.2 Å². The number of carbonyl (C=O) groups is 2. The normalized spacial score (nSPS) is 12.1. The van der Waals surface area contributed by atoms with Crippen molar-refractivity contribution in [3.63, 3.8) is 0 Å². The number of carbonyl (C=O) groups excluding carboxylic acids is 1. The largest absolute Gasteiger partial charge is 0.490 e. The van der Waals surface area contributed by atoms with Crippen LogP contribution in [0.15, 0.2) is 0 Å². The molecule has 7 heteroatoms. The minimum atomic E-state index is -5.08. The molecule has 0 bridgehead atoms. The lowest BCUT2D eigenvalue weighted by Gasteiger charge is -2.09. The lowest BCUT2D eigenvalue weighted by atomic mass is 10.0. The van der Waals surface area contributed by atoms with Gasteiger partial charge in [-0.25, -0.2) is 4.79 Å². The molecular formula is C13H23F3O4. The van der Waals surface area contributed by atoms with E-state index in [1.165, 1.54) is 19.3 Å². The molecule has 0 heterocycles. The van der Waals surface area contributed by atoms with Gasteiger partial charge in [0.15, 0.2) is 0 Å². The molecule has 20 heavy (non-hydrogen) atoms. The van der Waals surface area contributed by atoms with E-state index in [1.807, 2.05) is 13.8 Å². The molecule has 0 saturated heterocycles. The van der Waals surface area contributed by atoms with Gasteiger partial charge in [0, 0.05) is 0 Å². The molecule has 0 saturated carbocycles. The lowest BCUT2D eigenvalue weighted by molar-refractivity contribution is -0.192. The van der Waals surface area contributed by atoms with Crippen LogP contribution in [0.1, 0.15) is 52.9 Å². The highest BCUT2D eigenvalue weighted by atomic mass is 19.4. The van der Waals surface area contributed by atoms with Gasteiger partial charge in [0.1, 0.15) is 0 Å². The van der Waals surface area contributed by atoms with Gasteiger partial charge in [-0.1, -0.05) is 39.5 Å². The molecule has 0 aromatic heterocycles. The summed E-state index contributed by atoms with van der Waals surface area (Å²) in [6, 6.07) is 0. The van der Waals surface area contributed by atoms with Crippen molar-refractivity contribution in [2.75, 3.05) is 6.61 Å². The molecule has 0 spiro atoms. The Morgan fingerprint density at radius 2 is 1.65 bits per heavy atom. The lowest BCUT2D eigenvalue weighted by Crippen LogP contribution is -2.21. The molecule has 0 rings (SSSR count). The van der Waals surface area contributed by atoms with Gasteiger partial charge in [-0.3, -0.25) is 4.79 Å². The first-order valence-electron chi connectivity index (χ1n) is 6.63. The zero-order chi connectivity index (χ0) is 16.2. The van der Waals surface area contributed by atoms with Gasteiger partial charge < -0.3 is 9.84 Å². The number of hydrogen-bond acceptors (Lipinski definition) is 3. The van der Waals surface area contributed by atoms with Crippen molar-refractivity contribution in [2.24, 2.45) is 5.92 Å². The van der Waals surface area contributed by atoms with Gasteiger partial charge in [0.2, 0.25) is 0 Å². The molecule has 0 fully saturated rings. The Hall–Kier alpha value is -1.27. The summed E-state index contributed by atoms with van der Waals surface area (Å²) >= 11 is 0. The highest BCUT2D eigenvalue weighted by molar-refractivity contribution is 5.73. The summed E-state index contributed by atoms with van der Waals surface area (Å²) in [7, 11) is 0. The summed E-state index contributed by atoms with van der Waals surface area (Å²) in [6.07, 6.45) is 0.788. The average Bonchev–Trinajstić information content (AvgIpc) is 2.34. The second-order valence-corrected chi connectivity index (χ2v) is 4.31. The number of rotatable bonds is 7. The fourth-order valence-corrected chi connectivity index (χ4v) is 1.28. The molecule has 0 aromatic carbocycles. The van der Waals surface area contributed by atoms with Crippen LogP contribution in [-0.4, -0.2) is 29.8 Å². The summed E-state index contributed by atoms with van der Waals surface area (Å²) in [4.78, 5) is 20.1. The highest BCUT2D eigenvalue weighted by Gasteiger charge is 2.38. The van der Waals surface area contributed by atoms with Crippen molar-refractivity contribution in [3.8, 4) is 0 Å². The van der Waals surface area contributed by atoms with E-state index in [1.54, 1.807) is 0 Å². The van der Waals surface area contributed by atoms with Crippen molar-refractivity contribution in [2.45, 2.75) is 59.1 Å². The van der Waals surface area contributed by atoms with E-state index in [0.29, 0.717) is 6.61 Å². The van der Waals surface area contributed by atoms with Crippen LogP contribution in [0.25, 0.3) is 0 Å². The number of halogens is 3. The maximum Gasteiger partial charge on any atom is 0.490 e. The minimum absolute atomic E-state index is 0.0426. The predicted octanol–water partition coefficient (Wildman–Crippen LogP) is 3.79. The number of esters is 1. The van der Waals surface area contributed by atoms with Gasteiger partial charge in [-0.15, -0.1) is 0 Å². The predicted molar refractivity (Wildman–Crippen MR) is 68.2 cm³/mol. The third kappa shape index (κ3) is 13.2. The summed E-state index contributed by atoms with van der Waals surface area (Å²) in [5.74, 6) is -2.72. The van der Waals surface area contributed by atoms with Crippen LogP contribution in [0, 0.1) is 5.92 Å². The fraction of sp³-hybridized carbons (Fsp3) is 0.846. The first-order valence-corrected chi connectivity index (χ1v) is 6.63. The number of alkyl halides is 3. The molecule has 120 valence electrons. The molecule has 0 aliphatic carbocycles. The number of aliphatic carboxylic acids is 1. The molecule has 0 aliphatic rings. The average molecular weight is 300 g/mol. The molecule has 1 unspecified atom stereocenters. The van der Waals surface area contributed by atoms with Crippen LogP contribution in [0.5, 0.6) is 0 Å². The van der Waals surface area contributed by atoms with Crippen LogP contribution in [-0.2, 0) is 14.3 Å². The smallest absolute Gasteiger partial charge is 0.475 e. The third-order valence-corrected chi connectivity index (χ3v) is 2.42. The van der Waals surface area contributed by atoms with Crippen molar-refractivity contribution < 1.29 is 32.6 Å². The van der Waals surface area contributed by atoms with Gasteiger partial charge in [0.25, 0.3) is 0 Å². The van der Waals surface area contributed by atoms with E-state index >= 15 is 0 Å². The summed E-state index contributed by atoms with van der Waals surface area (Å²) in [5, 5.41) is 7.12. The Morgan fingerprint density at radius 3 is 2.00 bits per heavy atom. The quantitative estimate of drug-likeness (QED) is 0.574. The number of unbranched alkanes of at least 4 members (excludes halogenated alkanes) is 3. The topological polar surface area (TPSA) is 63.6 Å². The van der Waals surface area contributed by atoms with Crippen LogP contribution < -0.4 is 0 Å². The monoisotopic (exact) mass is 300 g/mol. The van der Waals surface area contributed by atoms with E-state index in [-0.39, 0.29) is 11.9 Å². The molecular weight excluding hydrogens is 277 g/mol. The van der Waals surface area contributed by atoms with Gasteiger partial charge >= 0.3 is 18.1 Å². The summed E-state index contributed by atoms with van der Waals surface area (Å²) in [5.41, 5.74) is 0. The maximum atomic E-state index is 11.2. The first-order chi connectivity index (χ1) is 9.16. The zero-order valence-corrected chi connectivity index (χ0v) is 12.1. The molecule has 0 radical (unpaired) electrons. The van der Waals surface area contributed by atoms with Gasteiger partial charge in [0.05, 0.1) is 12.5 Å². The molecule has 0 aliphatic heterocycles. The zero-order valence-electron chi connectivity index (χ0n) is 12.1. The second-order valence-electron chi connectivity index (χ2n) is 4.31. The van der Waals surface area contributed by atoms with E-state index in [4.69, 9.17) is 14.6 Å².